The summed E-state index contributed by atoms with van der Waals surface area (Å²) in [5.41, 5.74) is 2.99. The average molecular weight is 407 g/mol. The van der Waals surface area contributed by atoms with Crippen LogP contribution in [0.25, 0.3) is 0 Å². The first kappa shape index (κ1) is 18.3. The summed E-state index contributed by atoms with van der Waals surface area (Å²) in [6.45, 7) is 1.65. The summed E-state index contributed by atoms with van der Waals surface area (Å²) in [5.74, 6) is -0.363. The number of anilines is 1. The molecule has 0 radical (unpaired) electrons. The number of aromatic nitrogens is 2. The maximum atomic E-state index is 12.4. The molecule has 0 atom stereocenters. The molecule has 1 amide bonds. The molecule has 3 rings (SSSR count). The van der Waals surface area contributed by atoms with Gasteiger partial charge >= 0.3 is 0 Å². The Bertz CT molecular complexity index is 980. The summed E-state index contributed by atoms with van der Waals surface area (Å²) in [5, 5.41) is 21.7. The number of halogens is 1. The van der Waals surface area contributed by atoms with Crippen LogP contribution in [0.2, 0.25) is 5.02 Å². The van der Waals surface area contributed by atoms with Gasteiger partial charge in [-0.1, -0.05) is 34.7 Å². The van der Waals surface area contributed by atoms with Gasteiger partial charge in [0.05, 0.1) is 9.95 Å². The van der Waals surface area contributed by atoms with E-state index in [1.54, 1.807) is 30.6 Å². The number of carbonyl (C=O) groups excluding carboxylic acids is 1. The second-order valence-corrected chi connectivity index (χ2v) is 7.69. The van der Waals surface area contributed by atoms with Gasteiger partial charge in [0.2, 0.25) is 0 Å². The van der Waals surface area contributed by atoms with E-state index in [4.69, 9.17) is 11.6 Å². The van der Waals surface area contributed by atoms with Crippen molar-refractivity contribution in [2.24, 2.45) is 0 Å². The van der Waals surface area contributed by atoms with Gasteiger partial charge in [-0.3, -0.25) is 14.9 Å². The molecule has 1 N–H and O–H groups in total. The van der Waals surface area contributed by atoms with Crippen LogP contribution in [0.1, 0.15) is 15.9 Å². The lowest BCUT2D eigenvalue weighted by molar-refractivity contribution is -0.384. The van der Waals surface area contributed by atoms with Crippen LogP contribution in [-0.4, -0.2) is 21.0 Å². The number of carbonyl (C=O) groups is 1. The number of amides is 1. The van der Waals surface area contributed by atoms with E-state index < -0.39 is 4.92 Å². The van der Waals surface area contributed by atoms with Crippen molar-refractivity contribution in [3.05, 3.63) is 68.2 Å². The molecule has 0 unspecified atom stereocenters. The molecule has 0 bridgehead atoms. The third-order valence-corrected chi connectivity index (χ3v) is 5.67. The molecule has 7 nitrogen and oxygen atoms in total. The van der Waals surface area contributed by atoms with E-state index in [0.29, 0.717) is 21.8 Å². The molecule has 2 aromatic carbocycles. The van der Waals surface area contributed by atoms with Crippen LogP contribution >= 0.6 is 34.7 Å². The quantitative estimate of drug-likeness (QED) is 0.482. The van der Waals surface area contributed by atoms with Crippen LogP contribution in [0.3, 0.4) is 0 Å². The highest BCUT2D eigenvalue weighted by Gasteiger charge is 2.14. The molecule has 3 aromatic rings. The number of nitrogens with zero attached hydrogens (tertiary/aromatic N) is 3. The first-order valence-electron chi connectivity index (χ1n) is 7.24. The number of rotatable bonds is 5. The van der Waals surface area contributed by atoms with Gasteiger partial charge in [0.15, 0.2) is 4.34 Å². The first-order valence-corrected chi connectivity index (χ1v) is 9.31. The standard InChI is InChI=1S/C16H11ClN4O3S2/c1-9-6-11(21(23)24)3-4-12(9)15(22)19-10-2-5-14(13(17)7-10)26-16-20-18-8-25-16/h2-8H,1H3,(H,19,22). The SMILES string of the molecule is Cc1cc([N+](=O)[O-])ccc1C(=O)Nc1ccc(Sc2nncs2)c(Cl)c1. The van der Waals surface area contributed by atoms with E-state index in [9.17, 15) is 14.9 Å². The van der Waals surface area contributed by atoms with Gasteiger partial charge in [-0.05, 0) is 36.8 Å². The fourth-order valence-corrected chi connectivity index (χ4v) is 3.91. The first-order chi connectivity index (χ1) is 12.4. The molecule has 0 saturated carbocycles. The molecule has 0 aliphatic carbocycles. The third kappa shape index (κ3) is 4.18. The minimum absolute atomic E-state index is 0.0554. The fraction of sp³-hybridized carbons (Fsp3) is 0.0625. The fourth-order valence-electron chi connectivity index (χ4n) is 2.18. The highest BCUT2D eigenvalue weighted by atomic mass is 35.5. The summed E-state index contributed by atoms with van der Waals surface area (Å²) in [6.07, 6.45) is 0. The lowest BCUT2D eigenvalue weighted by Crippen LogP contribution is -2.13. The molecule has 0 aliphatic rings. The Kier molecular flexibility index (Phi) is 5.50. The molecule has 1 aromatic heterocycles. The van der Waals surface area contributed by atoms with E-state index in [1.807, 2.05) is 0 Å². The van der Waals surface area contributed by atoms with E-state index in [-0.39, 0.29) is 11.6 Å². The number of non-ortho nitro benzene ring substituents is 1. The van der Waals surface area contributed by atoms with Crippen LogP contribution in [-0.2, 0) is 0 Å². The van der Waals surface area contributed by atoms with Crippen molar-refractivity contribution in [2.75, 3.05) is 5.32 Å². The van der Waals surface area contributed by atoms with Crippen LogP contribution in [0.5, 0.6) is 0 Å². The highest BCUT2D eigenvalue weighted by molar-refractivity contribution is 8.01. The van der Waals surface area contributed by atoms with Crippen molar-refractivity contribution in [2.45, 2.75) is 16.2 Å². The van der Waals surface area contributed by atoms with Crippen molar-refractivity contribution in [1.29, 1.82) is 0 Å². The zero-order chi connectivity index (χ0) is 18.7. The van der Waals surface area contributed by atoms with Gasteiger partial charge in [-0.15, -0.1) is 10.2 Å². The van der Waals surface area contributed by atoms with E-state index in [1.165, 1.54) is 41.3 Å². The van der Waals surface area contributed by atoms with E-state index in [0.717, 1.165) is 9.24 Å². The smallest absolute Gasteiger partial charge is 0.269 e. The molecule has 1 heterocycles. The predicted molar refractivity (Wildman–Crippen MR) is 101 cm³/mol. The Morgan fingerprint density at radius 2 is 2.12 bits per heavy atom. The number of aryl methyl sites for hydroxylation is 1. The highest BCUT2D eigenvalue weighted by Crippen LogP contribution is 2.35. The maximum absolute atomic E-state index is 12.4. The van der Waals surface area contributed by atoms with Crippen molar-refractivity contribution >= 4 is 52.0 Å². The van der Waals surface area contributed by atoms with Gasteiger partial charge in [0, 0.05) is 28.3 Å². The van der Waals surface area contributed by atoms with Gasteiger partial charge in [0.1, 0.15) is 5.51 Å². The summed E-state index contributed by atoms with van der Waals surface area (Å²) in [4.78, 5) is 23.5. The van der Waals surface area contributed by atoms with Crippen LogP contribution in [0, 0.1) is 17.0 Å². The van der Waals surface area contributed by atoms with Crippen LogP contribution < -0.4 is 5.32 Å². The number of hydrogen-bond acceptors (Lipinski definition) is 7. The van der Waals surface area contributed by atoms with E-state index >= 15 is 0 Å². The summed E-state index contributed by atoms with van der Waals surface area (Å²) < 4.78 is 0.769. The third-order valence-electron chi connectivity index (χ3n) is 3.39. The molecule has 0 spiro atoms. The number of hydrogen-bond donors (Lipinski definition) is 1. The molecule has 0 fully saturated rings. The summed E-state index contributed by atoms with van der Waals surface area (Å²) in [6, 6.07) is 9.26. The van der Waals surface area contributed by atoms with Gasteiger partial charge in [-0.2, -0.15) is 0 Å². The van der Waals surface area contributed by atoms with Crippen molar-refractivity contribution < 1.29 is 9.72 Å². The zero-order valence-electron chi connectivity index (χ0n) is 13.3. The second kappa shape index (κ2) is 7.81. The van der Waals surface area contributed by atoms with Crippen molar-refractivity contribution in [1.82, 2.24) is 10.2 Å². The summed E-state index contributed by atoms with van der Waals surface area (Å²) in [7, 11) is 0. The Morgan fingerprint density at radius 1 is 1.31 bits per heavy atom. The van der Waals surface area contributed by atoms with Gasteiger partial charge in [0.25, 0.3) is 11.6 Å². The van der Waals surface area contributed by atoms with Gasteiger partial charge < -0.3 is 5.32 Å². The Morgan fingerprint density at radius 3 is 2.73 bits per heavy atom. The molecular formula is C16H11ClN4O3S2. The molecule has 132 valence electrons. The second-order valence-electron chi connectivity index (χ2n) is 5.16. The van der Waals surface area contributed by atoms with E-state index in [2.05, 4.69) is 15.5 Å². The largest absolute Gasteiger partial charge is 0.322 e. The number of benzene rings is 2. The van der Waals surface area contributed by atoms with Crippen LogP contribution in [0.4, 0.5) is 11.4 Å². The number of nitro benzene ring substituents is 1. The molecule has 0 aliphatic heterocycles. The predicted octanol–water partition coefficient (Wildman–Crippen LogP) is 4.81. The van der Waals surface area contributed by atoms with Crippen LogP contribution in [0.15, 0.2) is 51.1 Å². The molecule has 10 heteroatoms. The Balaban J connectivity index is 1.75. The Hall–Kier alpha value is -2.49. The Labute approximate surface area is 161 Å². The monoisotopic (exact) mass is 406 g/mol. The number of nitro groups is 1. The summed E-state index contributed by atoms with van der Waals surface area (Å²) >= 11 is 9.07. The zero-order valence-corrected chi connectivity index (χ0v) is 15.7. The lowest BCUT2D eigenvalue weighted by Gasteiger charge is -2.09. The molecule has 26 heavy (non-hydrogen) atoms. The average Bonchev–Trinajstić information content (AvgIpc) is 3.10. The van der Waals surface area contributed by atoms with Crippen molar-refractivity contribution in [3.8, 4) is 0 Å². The minimum Gasteiger partial charge on any atom is -0.322 e. The number of nitrogens with one attached hydrogen (secondary N) is 1. The molecule has 0 saturated heterocycles. The van der Waals surface area contributed by atoms with Gasteiger partial charge in [-0.25, -0.2) is 0 Å². The molecular weight excluding hydrogens is 396 g/mol. The minimum atomic E-state index is -0.497. The van der Waals surface area contributed by atoms with Crippen molar-refractivity contribution in [3.63, 3.8) is 0 Å². The lowest BCUT2D eigenvalue weighted by atomic mass is 10.1. The maximum Gasteiger partial charge on any atom is 0.269 e. The topological polar surface area (TPSA) is 98.0 Å². The normalized spacial score (nSPS) is 10.5.